The predicted molar refractivity (Wildman–Crippen MR) is 47.3 cm³/mol. The molecule has 0 radical (unpaired) electrons. The van der Waals surface area contributed by atoms with E-state index in [1.807, 2.05) is 0 Å². The summed E-state index contributed by atoms with van der Waals surface area (Å²) in [7, 11) is 1.60. The molecule has 1 aromatic rings. The first-order valence-corrected chi connectivity index (χ1v) is 4.37. The minimum absolute atomic E-state index is 0.383. The molecule has 0 fully saturated rings. The molecule has 5 heteroatoms. The first-order valence-electron chi connectivity index (χ1n) is 4.37. The summed E-state index contributed by atoms with van der Waals surface area (Å²) in [5.41, 5.74) is 0. The Morgan fingerprint density at radius 2 is 2.15 bits per heavy atom. The first-order chi connectivity index (χ1) is 6.36. The standard InChI is InChI=1S/C8H15N3O2/c1-3-9-5-4-7-10-11-8(13-7)6-12-2/h9H,3-6H2,1-2H3. The van der Waals surface area contributed by atoms with Gasteiger partial charge >= 0.3 is 0 Å². The van der Waals surface area contributed by atoms with Crippen LogP contribution in [0.15, 0.2) is 4.42 Å². The Hall–Kier alpha value is -0.940. The van der Waals surface area contributed by atoms with Gasteiger partial charge in [-0.25, -0.2) is 0 Å². The van der Waals surface area contributed by atoms with Crippen LogP contribution in [0.5, 0.6) is 0 Å². The fourth-order valence-electron chi connectivity index (χ4n) is 0.943. The van der Waals surface area contributed by atoms with E-state index < -0.39 is 0 Å². The zero-order valence-electron chi connectivity index (χ0n) is 8.04. The van der Waals surface area contributed by atoms with E-state index in [4.69, 9.17) is 9.15 Å². The molecule has 0 atom stereocenters. The molecule has 1 N–H and O–H groups in total. The molecule has 0 aliphatic rings. The highest BCUT2D eigenvalue weighted by molar-refractivity contribution is 4.80. The Bertz CT molecular complexity index is 237. The van der Waals surface area contributed by atoms with Gasteiger partial charge < -0.3 is 14.5 Å². The number of aromatic nitrogens is 2. The molecule has 0 aromatic carbocycles. The maximum absolute atomic E-state index is 5.28. The molecule has 13 heavy (non-hydrogen) atoms. The molecule has 1 rings (SSSR count). The van der Waals surface area contributed by atoms with Crippen molar-refractivity contribution < 1.29 is 9.15 Å². The van der Waals surface area contributed by atoms with Gasteiger partial charge in [-0.1, -0.05) is 6.92 Å². The van der Waals surface area contributed by atoms with E-state index in [9.17, 15) is 0 Å². The van der Waals surface area contributed by atoms with Crippen molar-refractivity contribution in [2.75, 3.05) is 20.2 Å². The Kier molecular flexibility index (Phi) is 4.42. The SMILES string of the molecule is CCNCCc1nnc(COC)o1. The largest absolute Gasteiger partial charge is 0.423 e. The highest BCUT2D eigenvalue weighted by atomic mass is 16.5. The van der Waals surface area contributed by atoms with Crippen LogP contribution in [-0.4, -0.2) is 30.4 Å². The Balaban J connectivity index is 2.31. The van der Waals surface area contributed by atoms with Crippen LogP contribution in [0.4, 0.5) is 0 Å². The molecule has 0 amide bonds. The Morgan fingerprint density at radius 1 is 1.38 bits per heavy atom. The van der Waals surface area contributed by atoms with Gasteiger partial charge in [-0.15, -0.1) is 10.2 Å². The number of rotatable bonds is 6. The van der Waals surface area contributed by atoms with E-state index in [-0.39, 0.29) is 0 Å². The highest BCUT2D eigenvalue weighted by Gasteiger charge is 2.03. The molecule has 5 nitrogen and oxygen atoms in total. The van der Waals surface area contributed by atoms with Gasteiger partial charge in [0.2, 0.25) is 11.8 Å². The van der Waals surface area contributed by atoms with E-state index >= 15 is 0 Å². The van der Waals surface area contributed by atoms with Crippen molar-refractivity contribution in [2.24, 2.45) is 0 Å². The van der Waals surface area contributed by atoms with Gasteiger partial charge in [0.25, 0.3) is 0 Å². The number of nitrogens with zero attached hydrogens (tertiary/aromatic N) is 2. The fourth-order valence-corrected chi connectivity index (χ4v) is 0.943. The van der Waals surface area contributed by atoms with E-state index in [1.165, 1.54) is 0 Å². The normalized spacial score (nSPS) is 10.6. The lowest BCUT2D eigenvalue weighted by Gasteiger charge is -1.95. The lowest BCUT2D eigenvalue weighted by molar-refractivity contribution is 0.158. The highest BCUT2D eigenvalue weighted by Crippen LogP contribution is 2.00. The van der Waals surface area contributed by atoms with Gasteiger partial charge in [-0.2, -0.15) is 0 Å². The number of hydrogen-bond donors (Lipinski definition) is 1. The van der Waals surface area contributed by atoms with Gasteiger partial charge in [0, 0.05) is 20.1 Å². The second kappa shape index (κ2) is 5.66. The van der Waals surface area contributed by atoms with Crippen LogP contribution in [0.2, 0.25) is 0 Å². The van der Waals surface area contributed by atoms with Gasteiger partial charge in [-0.05, 0) is 6.54 Å². The zero-order valence-corrected chi connectivity index (χ0v) is 8.04. The summed E-state index contributed by atoms with van der Waals surface area (Å²) >= 11 is 0. The fraction of sp³-hybridized carbons (Fsp3) is 0.750. The van der Waals surface area contributed by atoms with Crippen molar-refractivity contribution in [3.8, 4) is 0 Å². The molecular formula is C8H15N3O2. The smallest absolute Gasteiger partial charge is 0.242 e. The minimum atomic E-state index is 0.383. The molecule has 74 valence electrons. The number of likely N-dealkylation sites (N-methyl/N-ethyl adjacent to an activating group) is 1. The van der Waals surface area contributed by atoms with E-state index in [0.717, 1.165) is 19.5 Å². The van der Waals surface area contributed by atoms with Crippen molar-refractivity contribution >= 4 is 0 Å². The lowest BCUT2D eigenvalue weighted by Crippen LogP contribution is -2.16. The first kappa shape index (κ1) is 10.1. The molecule has 0 spiro atoms. The third-order valence-corrected chi connectivity index (χ3v) is 1.54. The van der Waals surface area contributed by atoms with Crippen LogP contribution in [0.25, 0.3) is 0 Å². The van der Waals surface area contributed by atoms with Gasteiger partial charge in [0.1, 0.15) is 6.61 Å². The molecule has 0 aliphatic heterocycles. The van der Waals surface area contributed by atoms with Gasteiger partial charge in [-0.3, -0.25) is 0 Å². The summed E-state index contributed by atoms with van der Waals surface area (Å²) in [6.07, 6.45) is 0.768. The van der Waals surface area contributed by atoms with Gasteiger partial charge in [0.05, 0.1) is 0 Å². The Labute approximate surface area is 77.5 Å². The van der Waals surface area contributed by atoms with Crippen LogP contribution in [0.3, 0.4) is 0 Å². The van der Waals surface area contributed by atoms with Crippen molar-refractivity contribution in [3.63, 3.8) is 0 Å². The van der Waals surface area contributed by atoms with Crippen LogP contribution >= 0.6 is 0 Å². The van der Waals surface area contributed by atoms with Crippen molar-refractivity contribution in [3.05, 3.63) is 11.8 Å². The molecule has 0 bridgehead atoms. The van der Waals surface area contributed by atoms with Crippen LogP contribution in [0.1, 0.15) is 18.7 Å². The van der Waals surface area contributed by atoms with Crippen LogP contribution in [-0.2, 0) is 17.8 Å². The molecule has 1 heterocycles. The maximum Gasteiger partial charge on any atom is 0.242 e. The molecule has 0 saturated heterocycles. The average molecular weight is 185 g/mol. The predicted octanol–water partition coefficient (Wildman–Crippen LogP) is 0.368. The average Bonchev–Trinajstić information content (AvgIpc) is 2.54. The number of hydrogen-bond acceptors (Lipinski definition) is 5. The van der Waals surface area contributed by atoms with Crippen molar-refractivity contribution in [2.45, 2.75) is 20.0 Å². The van der Waals surface area contributed by atoms with E-state index in [0.29, 0.717) is 18.4 Å². The summed E-state index contributed by atoms with van der Waals surface area (Å²) in [6, 6.07) is 0. The molecule has 0 unspecified atom stereocenters. The quantitative estimate of drug-likeness (QED) is 0.649. The molecule has 0 saturated carbocycles. The lowest BCUT2D eigenvalue weighted by atomic mass is 10.4. The summed E-state index contributed by atoms with van der Waals surface area (Å²) in [5, 5.41) is 10.9. The Morgan fingerprint density at radius 3 is 2.85 bits per heavy atom. The monoisotopic (exact) mass is 185 g/mol. The topological polar surface area (TPSA) is 60.2 Å². The molecule has 1 aromatic heterocycles. The van der Waals surface area contributed by atoms with E-state index in [1.54, 1.807) is 7.11 Å². The maximum atomic E-state index is 5.28. The summed E-state index contributed by atoms with van der Waals surface area (Å²) in [6.45, 7) is 4.27. The van der Waals surface area contributed by atoms with Crippen LogP contribution in [0, 0.1) is 0 Å². The molecular weight excluding hydrogens is 170 g/mol. The summed E-state index contributed by atoms with van der Waals surface area (Å²) in [5.74, 6) is 1.20. The van der Waals surface area contributed by atoms with Crippen molar-refractivity contribution in [1.82, 2.24) is 15.5 Å². The van der Waals surface area contributed by atoms with Crippen molar-refractivity contribution in [1.29, 1.82) is 0 Å². The third kappa shape index (κ3) is 3.52. The summed E-state index contributed by atoms with van der Waals surface area (Å²) < 4.78 is 10.1. The van der Waals surface area contributed by atoms with Gasteiger partial charge in [0.15, 0.2) is 0 Å². The van der Waals surface area contributed by atoms with E-state index in [2.05, 4.69) is 22.4 Å². The van der Waals surface area contributed by atoms with Crippen LogP contribution < -0.4 is 5.32 Å². The third-order valence-electron chi connectivity index (χ3n) is 1.54. The number of nitrogens with one attached hydrogen (secondary N) is 1. The summed E-state index contributed by atoms with van der Waals surface area (Å²) in [4.78, 5) is 0. The second-order valence-corrected chi connectivity index (χ2v) is 2.63. The molecule has 0 aliphatic carbocycles. The number of ether oxygens (including phenoxy) is 1. The second-order valence-electron chi connectivity index (χ2n) is 2.63. The number of methoxy groups -OCH3 is 1. The minimum Gasteiger partial charge on any atom is -0.423 e. The zero-order chi connectivity index (χ0) is 9.52.